The van der Waals surface area contributed by atoms with Gasteiger partial charge >= 0.3 is 0 Å². The van der Waals surface area contributed by atoms with Crippen molar-refractivity contribution in [1.29, 1.82) is 0 Å². The van der Waals surface area contributed by atoms with Crippen molar-refractivity contribution in [2.75, 3.05) is 4.90 Å². The van der Waals surface area contributed by atoms with Crippen LogP contribution < -0.4 is 4.90 Å². The van der Waals surface area contributed by atoms with E-state index in [-0.39, 0.29) is 5.41 Å². The molecule has 0 atom stereocenters. The maximum atomic E-state index is 2.52. The molecule has 0 N–H and O–H groups in total. The van der Waals surface area contributed by atoms with Gasteiger partial charge in [0, 0.05) is 43.9 Å². The lowest BCUT2D eigenvalue weighted by molar-refractivity contribution is 0.639. The Morgan fingerprint density at radius 1 is 0.440 bits per heavy atom. The molecular weight excluding hydrogens is 607 g/mol. The first kappa shape index (κ1) is 27.6. The second-order valence-corrected chi connectivity index (χ2v) is 14.2. The van der Waals surface area contributed by atoms with Crippen molar-refractivity contribution in [3.8, 4) is 16.8 Å². The molecule has 0 bridgehead atoms. The van der Waals surface area contributed by atoms with Crippen LogP contribution in [0.15, 0.2) is 164 Å². The molecule has 0 spiro atoms. The van der Waals surface area contributed by atoms with Gasteiger partial charge in [-0.2, -0.15) is 0 Å². The average Bonchev–Trinajstić information content (AvgIpc) is 3.81. The van der Waals surface area contributed by atoms with Crippen molar-refractivity contribution >= 4 is 66.2 Å². The zero-order valence-corrected chi connectivity index (χ0v) is 27.9. The molecule has 0 saturated carbocycles. The molecule has 3 heteroatoms. The summed E-state index contributed by atoms with van der Waals surface area (Å²) in [6.45, 7) is 4.83. The van der Waals surface area contributed by atoms with E-state index in [1.165, 1.54) is 94.1 Å². The molecule has 0 saturated heterocycles. The molecule has 3 nitrogen and oxygen atoms in total. The second kappa shape index (κ2) is 9.87. The summed E-state index contributed by atoms with van der Waals surface area (Å²) in [7, 11) is 0. The Kier molecular flexibility index (Phi) is 5.45. The Hall–Kier alpha value is -6.32. The summed E-state index contributed by atoms with van der Waals surface area (Å²) in [5.74, 6) is 0. The molecule has 0 unspecified atom stereocenters. The maximum absolute atomic E-state index is 2.52. The molecule has 4 aromatic heterocycles. The zero-order chi connectivity index (χ0) is 33.1. The van der Waals surface area contributed by atoms with Crippen molar-refractivity contribution in [1.82, 2.24) is 8.97 Å². The SMILES string of the molecule is CC1(C)c2cc(-c3ccc4c(c3)c3ccccc3n4-c3ccccc3)ccc2N(c2ccccc2)c2c1c1cccc3c4ccccc4c2n13. The van der Waals surface area contributed by atoms with Crippen LogP contribution in [0, 0.1) is 0 Å². The Bertz CT molecular complexity index is 2940. The van der Waals surface area contributed by atoms with E-state index in [9.17, 15) is 0 Å². The molecule has 6 aromatic carbocycles. The minimum atomic E-state index is -0.256. The summed E-state index contributed by atoms with van der Waals surface area (Å²) < 4.78 is 4.89. The van der Waals surface area contributed by atoms with Gasteiger partial charge in [0.15, 0.2) is 0 Å². The number of anilines is 3. The number of para-hydroxylation sites is 3. The quantitative estimate of drug-likeness (QED) is 0.187. The van der Waals surface area contributed by atoms with Gasteiger partial charge in [-0.05, 0) is 83.4 Å². The van der Waals surface area contributed by atoms with Gasteiger partial charge < -0.3 is 13.9 Å². The van der Waals surface area contributed by atoms with Crippen molar-refractivity contribution in [3.05, 3.63) is 175 Å². The fourth-order valence-corrected chi connectivity index (χ4v) is 9.02. The number of hydrogen-bond donors (Lipinski definition) is 0. The number of fused-ring (bicyclic) bond motifs is 10. The third-order valence-electron chi connectivity index (χ3n) is 11.2. The van der Waals surface area contributed by atoms with Crippen molar-refractivity contribution in [2.24, 2.45) is 0 Å². The molecule has 0 fully saturated rings. The van der Waals surface area contributed by atoms with Gasteiger partial charge in [-0.15, -0.1) is 0 Å². The summed E-state index contributed by atoms with van der Waals surface area (Å²) in [4.78, 5) is 2.52. The first-order valence-electron chi connectivity index (χ1n) is 17.5. The molecular formula is C47H33N3. The predicted molar refractivity (Wildman–Crippen MR) is 210 cm³/mol. The lowest BCUT2D eigenvalue weighted by Gasteiger charge is -2.41. The number of rotatable bonds is 3. The van der Waals surface area contributed by atoms with Gasteiger partial charge in [0.1, 0.15) is 0 Å². The number of pyridine rings is 1. The highest BCUT2D eigenvalue weighted by Gasteiger charge is 2.42. The van der Waals surface area contributed by atoms with Crippen molar-refractivity contribution < 1.29 is 0 Å². The minimum absolute atomic E-state index is 0.256. The van der Waals surface area contributed by atoms with Gasteiger partial charge in [-0.25, -0.2) is 0 Å². The van der Waals surface area contributed by atoms with Crippen LogP contribution in [0.2, 0.25) is 0 Å². The number of benzene rings is 6. The lowest BCUT2D eigenvalue weighted by atomic mass is 9.73. The Labute approximate surface area is 290 Å². The molecule has 5 heterocycles. The van der Waals surface area contributed by atoms with Crippen LogP contribution in [0.3, 0.4) is 0 Å². The van der Waals surface area contributed by atoms with Gasteiger partial charge in [0.2, 0.25) is 0 Å². The van der Waals surface area contributed by atoms with E-state index in [0.29, 0.717) is 0 Å². The summed E-state index contributed by atoms with van der Waals surface area (Å²) in [6, 6.07) is 60.2. The van der Waals surface area contributed by atoms with Crippen LogP contribution in [0.25, 0.3) is 65.9 Å². The van der Waals surface area contributed by atoms with Crippen LogP contribution in [-0.4, -0.2) is 8.97 Å². The summed E-state index contributed by atoms with van der Waals surface area (Å²) in [5, 5.41) is 5.13. The standard InChI is InChI=1S/C47H33N3/c1-47(2)38-29-31(30-24-26-41-37(28-30)35-19-11-12-21-39(35)48(41)32-14-5-3-6-15-32)25-27-42(38)49(33-16-7-4-8-17-33)46-44(47)43-23-13-22-40-34-18-9-10-20-36(34)45(46)50(40)43/h3-29H,1-2H3. The van der Waals surface area contributed by atoms with Crippen LogP contribution in [-0.2, 0) is 5.41 Å². The molecule has 1 aliphatic heterocycles. The lowest BCUT2D eigenvalue weighted by Crippen LogP contribution is -2.30. The highest BCUT2D eigenvalue weighted by Crippen LogP contribution is 2.58. The van der Waals surface area contributed by atoms with E-state index in [2.05, 4.69) is 192 Å². The first-order valence-corrected chi connectivity index (χ1v) is 17.5. The molecule has 0 amide bonds. The molecule has 236 valence electrons. The molecule has 0 radical (unpaired) electrons. The van der Waals surface area contributed by atoms with Gasteiger partial charge in [-0.1, -0.05) is 111 Å². The molecule has 11 rings (SSSR count). The summed E-state index contributed by atoms with van der Waals surface area (Å²) in [5.41, 5.74) is 16.0. The third-order valence-corrected chi connectivity index (χ3v) is 11.2. The molecule has 1 aliphatic rings. The van der Waals surface area contributed by atoms with Crippen LogP contribution >= 0.6 is 0 Å². The summed E-state index contributed by atoms with van der Waals surface area (Å²) in [6.07, 6.45) is 0. The monoisotopic (exact) mass is 639 g/mol. The highest BCUT2D eigenvalue weighted by atomic mass is 15.2. The van der Waals surface area contributed by atoms with E-state index in [1.54, 1.807) is 0 Å². The largest absolute Gasteiger partial charge is 0.309 e. The van der Waals surface area contributed by atoms with E-state index >= 15 is 0 Å². The highest BCUT2D eigenvalue weighted by molar-refractivity contribution is 6.18. The molecule has 50 heavy (non-hydrogen) atoms. The second-order valence-electron chi connectivity index (χ2n) is 14.2. The Morgan fingerprint density at radius 3 is 1.80 bits per heavy atom. The number of hydrogen-bond acceptors (Lipinski definition) is 1. The summed E-state index contributed by atoms with van der Waals surface area (Å²) >= 11 is 0. The normalized spacial score (nSPS) is 13.9. The zero-order valence-electron chi connectivity index (χ0n) is 27.9. The fraction of sp³-hybridized carbons (Fsp3) is 0.0638. The molecule has 0 aliphatic carbocycles. The number of aromatic nitrogens is 2. The van der Waals surface area contributed by atoms with E-state index in [1.807, 2.05) is 0 Å². The van der Waals surface area contributed by atoms with Crippen molar-refractivity contribution in [2.45, 2.75) is 19.3 Å². The van der Waals surface area contributed by atoms with E-state index < -0.39 is 0 Å². The van der Waals surface area contributed by atoms with Crippen LogP contribution in [0.5, 0.6) is 0 Å². The molecule has 10 aromatic rings. The average molecular weight is 640 g/mol. The van der Waals surface area contributed by atoms with Crippen LogP contribution in [0.1, 0.15) is 25.0 Å². The minimum Gasteiger partial charge on any atom is -0.309 e. The Morgan fingerprint density at radius 2 is 1.02 bits per heavy atom. The van der Waals surface area contributed by atoms with Gasteiger partial charge in [0.05, 0.1) is 39.0 Å². The van der Waals surface area contributed by atoms with Crippen LogP contribution in [0.4, 0.5) is 17.1 Å². The van der Waals surface area contributed by atoms with Crippen molar-refractivity contribution in [3.63, 3.8) is 0 Å². The maximum Gasteiger partial charge on any atom is 0.0786 e. The number of nitrogens with zero attached hydrogens (tertiary/aromatic N) is 3. The third kappa shape index (κ3) is 3.54. The van der Waals surface area contributed by atoms with E-state index in [4.69, 9.17) is 0 Å². The fourth-order valence-electron chi connectivity index (χ4n) is 9.02. The topological polar surface area (TPSA) is 12.6 Å². The van der Waals surface area contributed by atoms with Gasteiger partial charge in [-0.3, -0.25) is 0 Å². The first-order chi connectivity index (χ1) is 24.6. The van der Waals surface area contributed by atoms with E-state index in [0.717, 1.165) is 0 Å². The Balaban J connectivity index is 1.17. The van der Waals surface area contributed by atoms with Gasteiger partial charge in [0.25, 0.3) is 0 Å². The predicted octanol–water partition coefficient (Wildman–Crippen LogP) is 12.6. The smallest absolute Gasteiger partial charge is 0.0786 e.